The second-order valence-corrected chi connectivity index (χ2v) is 17.8. The van der Waals surface area contributed by atoms with Gasteiger partial charge in [0.2, 0.25) is 0 Å². The highest BCUT2D eigenvalue weighted by atomic mass is 16.7. The average molecular weight is 599 g/mol. The third-order valence-corrected chi connectivity index (χ3v) is 14.2. The van der Waals surface area contributed by atoms with Crippen LogP contribution in [-0.4, -0.2) is 36.6 Å². The topological polar surface area (TPSA) is 36.9 Å². The maximum absolute atomic E-state index is 6.73. The van der Waals surface area contributed by atoms with Crippen molar-refractivity contribution >= 4 is 14.2 Å². The highest BCUT2D eigenvalue weighted by Gasteiger charge is 2.65. The first-order chi connectivity index (χ1) is 20.2. The SMILES string of the molecule is CCCCCCC1(CCCCCC)C2CC(B3OC(C)(C)C(C)(C)O3)CCC2C2CCC(B3OC(C)(C)C(C)(C)O3)CC21. The molecule has 0 bridgehead atoms. The van der Waals surface area contributed by atoms with Crippen molar-refractivity contribution in [2.45, 2.75) is 206 Å². The molecule has 0 radical (unpaired) electrons. The van der Waals surface area contributed by atoms with Gasteiger partial charge >= 0.3 is 14.2 Å². The molecule has 3 aliphatic carbocycles. The Bertz CT molecular complexity index is 826. The van der Waals surface area contributed by atoms with Crippen LogP contribution in [0.15, 0.2) is 0 Å². The maximum atomic E-state index is 6.73. The lowest BCUT2D eigenvalue weighted by Gasteiger charge is -2.47. The van der Waals surface area contributed by atoms with Crippen LogP contribution >= 0.6 is 0 Å². The zero-order valence-corrected chi connectivity index (χ0v) is 30.1. The number of hydrogen-bond acceptors (Lipinski definition) is 4. The Morgan fingerprint density at radius 2 is 0.837 bits per heavy atom. The Labute approximate surface area is 267 Å². The van der Waals surface area contributed by atoms with Crippen LogP contribution in [0, 0.1) is 29.1 Å². The van der Waals surface area contributed by atoms with Crippen molar-refractivity contribution in [2.24, 2.45) is 29.1 Å². The van der Waals surface area contributed by atoms with Crippen LogP contribution in [0.25, 0.3) is 0 Å². The first-order valence-electron chi connectivity index (χ1n) is 18.9. The minimum absolute atomic E-state index is 0.0519. The van der Waals surface area contributed by atoms with Crippen molar-refractivity contribution < 1.29 is 18.6 Å². The summed E-state index contributed by atoms with van der Waals surface area (Å²) in [4.78, 5) is 0. The highest BCUT2D eigenvalue weighted by molar-refractivity contribution is 6.48. The highest BCUT2D eigenvalue weighted by Crippen LogP contribution is 2.70. The fourth-order valence-corrected chi connectivity index (χ4v) is 10.4. The van der Waals surface area contributed by atoms with Gasteiger partial charge in [0.25, 0.3) is 0 Å². The summed E-state index contributed by atoms with van der Waals surface area (Å²) in [6.45, 7) is 22.5. The Balaban J connectivity index is 1.43. The molecule has 0 amide bonds. The molecule has 43 heavy (non-hydrogen) atoms. The molecule has 2 heterocycles. The molecule has 0 N–H and O–H groups in total. The molecule has 6 unspecified atom stereocenters. The second-order valence-electron chi connectivity index (χ2n) is 17.8. The fourth-order valence-electron chi connectivity index (χ4n) is 10.4. The average Bonchev–Trinajstić information content (AvgIpc) is 3.43. The van der Waals surface area contributed by atoms with E-state index in [2.05, 4.69) is 69.2 Å². The summed E-state index contributed by atoms with van der Waals surface area (Å²) in [5.74, 6) is 4.40. The summed E-state index contributed by atoms with van der Waals surface area (Å²) in [5.41, 5.74) is -0.532. The minimum atomic E-state index is -0.244. The van der Waals surface area contributed by atoms with Crippen molar-refractivity contribution in [2.75, 3.05) is 0 Å². The zero-order chi connectivity index (χ0) is 31.3. The van der Waals surface area contributed by atoms with E-state index < -0.39 is 0 Å². The lowest BCUT2D eigenvalue weighted by atomic mass is 9.53. The van der Waals surface area contributed by atoms with E-state index in [0.29, 0.717) is 17.0 Å². The lowest BCUT2D eigenvalue weighted by molar-refractivity contribution is 0.00578. The summed E-state index contributed by atoms with van der Waals surface area (Å²) in [7, 11) is -0.104. The van der Waals surface area contributed by atoms with Gasteiger partial charge in [-0.2, -0.15) is 0 Å². The van der Waals surface area contributed by atoms with E-state index in [1.807, 2.05) is 0 Å². The van der Waals surface area contributed by atoms with Crippen LogP contribution in [0.4, 0.5) is 0 Å². The van der Waals surface area contributed by atoms with Gasteiger partial charge in [-0.1, -0.05) is 90.9 Å². The molecule has 5 fully saturated rings. The molecule has 246 valence electrons. The summed E-state index contributed by atoms with van der Waals surface area (Å²) < 4.78 is 26.9. The van der Waals surface area contributed by atoms with E-state index in [4.69, 9.17) is 18.6 Å². The normalized spacial score (nSPS) is 37.0. The third kappa shape index (κ3) is 6.45. The predicted octanol–water partition coefficient (Wildman–Crippen LogP) is 10.7. The fraction of sp³-hybridized carbons (Fsp3) is 1.00. The van der Waals surface area contributed by atoms with E-state index in [9.17, 15) is 0 Å². The molecule has 2 aliphatic heterocycles. The standard InChI is InChI=1S/C37H68B2O4/c1-11-13-15-17-23-37(24-18-16-14-12-2)31-25-27(38-40-33(3,4)34(5,6)41-38)19-21-29(31)30-22-20-28(26-32(30)37)39-42-35(7,8)36(9,10)43-39/h27-32H,11-26H2,1-10H3. The predicted molar refractivity (Wildman–Crippen MR) is 181 cm³/mol. The Kier molecular flexibility index (Phi) is 10.3. The van der Waals surface area contributed by atoms with Crippen molar-refractivity contribution in [3.8, 4) is 0 Å². The summed E-state index contributed by atoms with van der Waals surface area (Å²) in [5, 5.41) is 0. The summed E-state index contributed by atoms with van der Waals surface area (Å²) in [6, 6.07) is 0. The monoisotopic (exact) mass is 599 g/mol. The molecule has 6 heteroatoms. The van der Waals surface area contributed by atoms with Gasteiger partial charge in [-0.05, 0) is 122 Å². The minimum Gasteiger partial charge on any atom is -0.403 e. The maximum Gasteiger partial charge on any atom is 0.461 e. The first kappa shape index (κ1) is 34.3. The van der Waals surface area contributed by atoms with Crippen molar-refractivity contribution in [1.82, 2.24) is 0 Å². The van der Waals surface area contributed by atoms with E-state index in [1.54, 1.807) is 0 Å². The van der Waals surface area contributed by atoms with Crippen LogP contribution in [0.5, 0.6) is 0 Å². The molecule has 4 nitrogen and oxygen atoms in total. The van der Waals surface area contributed by atoms with Gasteiger partial charge in [-0.3, -0.25) is 0 Å². The van der Waals surface area contributed by atoms with Crippen LogP contribution in [0.3, 0.4) is 0 Å². The first-order valence-corrected chi connectivity index (χ1v) is 18.9. The van der Waals surface area contributed by atoms with E-state index in [0.717, 1.165) is 23.7 Å². The second kappa shape index (κ2) is 12.9. The quantitative estimate of drug-likeness (QED) is 0.165. The van der Waals surface area contributed by atoms with Crippen LogP contribution in [0.2, 0.25) is 11.6 Å². The Morgan fingerprint density at radius 1 is 0.488 bits per heavy atom. The molecular weight excluding hydrogens is 530 g/mol. The third-order valence-electron chi connectivity index (χ3n) is 14.2. The van der Waals surface area contributed by atoms with Crippen LogP contribution in [-0.2, 0) is 18.6 Å². The van der Waals surface area contributed by atoms with E-state index in [1.165, 1.54) is 103 Å². The molecule has 0 aromatic carbocycles. The van der Waals surface area contributed by atoms with Crippen molar-refractivity contribution in [3.63, 3.8) is 0 Å². The molecule has 5 aliphatic rings. The molecule has 3 saturated carbocycles. The van der Waals surface area contributed by atoms with Gasteiger partial charge < -0.3 is 18.6 Å². The van der Waals surface area contributed by atoms with Gasteiger partial charge in [0.1, 0.15) is 0 Å². The van der Waals surface area contributed by atoms with Gasteiger partial charge in [-0.25, -0.2) is 0 Å². The number of fused-ring (bicyclic) bond motifs is 3. The van der Waals surface area contributed by atoms with Gasteiger partial charge in [0, 0.05) is 0 Å². The molecule has 0 spiro atoms. The molecule has 6 atom stereocenters. The van der Waals surface area contributed by atoms with Crippen LogP contribution < -0.4 is 0 Å². The molecule has 5 rings (SSSR count). The van der Waals surface area contributed by atoms with Gasteiger partial charge in [0.05, 0.1) is 22.4 Å². The summed E-state index contributed by atoms with van der Waals surface area (Å²) >= 11 is 0. The molecule has 0 aromatic heterocycles. The number of unbranched alkanes of at least 4 members (excludes halogenated alkanes) is 6. The van der Waals surface area contributed by atoms with Gasteiger partial charge in [0.15, 0.2) is 0 Å². The number of rotatable bonds is 12. The van der Waals surface area contributed by atoms with Crippen LogP contribution in [0.1, 0.15) is 172 Å². The zero-order valence-electron chi connectivity index (χ0n) is 30.1. The largest absolute Gasteiger partial charge is 0.461 e. The molecule has 2 saturated heterocycles. The van der Waals surface area contributed by atoms with Gasteiger partial charge in [-0.15, -0.1) is 0 Å². The van der Waals surface area contributed by atoms with Crippen molar-refractivity contribution in [3.05, 3.63) is 0 Å². The van der Waals surface area contributed by atoms with E-state index in [-0.39, 0.29) is 36.6 Å². The van der Waals surface area contributed by atoms with E-state index >= 15 is 0 Å². The Hall–Kier alpha value is -0.0301. The number of hydrogen-bond donors (Lipinski definition) is 0. The molecular formula is C37H68B2O4. The smallest absolute Gasteiger partial charge is 0.403 e. The molecule has 0 aromatic rings. The van der Waals surface area contributed by atoms with Crippen molar-refractivity contribution in [1.29, 1.82) is 0 Å². The lowest BCUT2D eigenvalue weighted by Crippen LogP contribution is -2.41. The summed E-state index contributed by atoms with van der Waals surface area (Å²) in [6.07, 6.45) is 21.7. The Morgan fingerprint density at radius 3 is 1.16 bits per heavy atom.